The molecule has 1 unspecified atom stereocenters. The summed E-state index contributed by atoms with van der Waals surface area (Å²) in [5, 5.41) is 6.67. The van der Waals surface area contributed by atoms with Crippen molar-refractivity contribution in [3.63, 3.8) is 0 Å². The lowest BCUT2D eigenvalue weighted by atomic mass is 10.1. The summed E-state index contributed by atoms with van der Waals surface area (Å²) in [7, 11) is 0. The van der Waals surface area contributed by atoms with Crippen molar-refractivity contribution >= 4 is 17.7 Å². The van der Waals surface area contributed by atoms with Gasteiger partial charge in [0.2, 0.25) is 0 Å². The van der Waals surface area contributed by atoms with E-state index in [9.17, 15) is 18.0 Å². The Morgan fingerprint density at radius 1 is 1.38 bits per heavy atom. The number of alkyl halides is 3. The van der Waals surface area contributed by atoms with Crippen LogP contribution in [0.5, 0.6) is 0 Å². The number of halogens is 3. The van der Waals surface area contributed by atoms with Crippen molar-refractivity contribution in [1.82, 2.24) is 0 Å². The molecule has 1 N–H and O–H groups in total. The third-order valence-electron chi connectivity index (χ3n) is 2.73. The summed E-state index contributed by atoms with van der Waals surface area (Å²) in [5.41, 5.74) is 0. The van der Waals surface area contributed by atoms with Gasteiger partial charge in [-0.25, -0.2) is 0 Å². The average molecular weight is 256 g/mol. The van der Waals surface area contributed by atoms with Crippen LogP contribution in [0.2, 0.25) is 0 Å². The molecule has 0 aromatic carbocycles. The minimum atomic E-state index is -4.42. The van der Waals surface area contributed by atoms with Gasteiger partial charge in [0.05, 0.1) is 6.42 Å². The fourth-order valence-electron chi connectivity index (χ4n) is 1.86. The highest BCUT2D eigenvalue weighted by Gasteiger charge is 2.41. The molecule has 0 aliphatic heterocycles. The molecule has 0 aromatic rings. The molecule has 0 aromatic heterocycles. The average Bonchev–Trinajstić information content (AvgIpc) is 2.62. The number of carbonyl (C=O) groups is 1. The Bertz CT molecular complexity index is 237. The largest absolute Gasteiger partial charge is 0.481 e. The molecule has 16 heavy (non-hydrogen) atoms. The second-order valence-corrected chi connectivity index (χ2v) is 5.35. The minimum absolute atomic E-state index is 0.337. The Morgan fingerprint density at radius 3 is 2.38 bits per heavy atom. The topological polar surface area (TPSA) is 37.3 Å². The van der Waals surface area contributed by atoms with Crippen molar-refractivity contribution in [2.24, 2.45) is 5.92 Å². The van der Waals surface area contributed by atoms with Crippen molar-refractivity contribution in [2.75, 3.05) is 5.75 Å². The molecule has 1 saturated carbocycles. The smallest absolute Gasteiger partial charge is 0.401 e. The number of rotatable bonds is 5. The first-order valence-electron chi connectivity index (χ1n) is 5.29. The molecule has 1 aliphatic rings. The van der Waals surface area contributed by atoms with E-state index >= 15 is 0 Å². The van der Waals surface area contributed by atoms with Gasteiger partial charge < -0.3 is 5.11 Å². The van der Waals surface area contributed by atoms with Crippen LogP contribution in [0, 0.1) is 5.92 Å². The van der Waals surface area contributed by atoms with E-state index in [1.807, 2.05) is 0 Å². The number of carboxylic acids is 1. The fraction of sp³-hybridized carbons (Fsp3) is 0.900. The number of thioether (sulfide) groups is 1. The lowest BCUT2D eigenvalue weighted by Gasteiger charge is -2.19. The van der Waals surface area contributed by atoms with Crippen LogP contribution in [-0.2, 0) is 4.79 Å². The molecule has 0 radical (unpaired) electrons. The Morgan fingerprint density at radius 2 is 1.94 bits per heavy atom. The first-order chi connectivity index (χ1) is 7.39. The zero-order chi connectivity index (χ0) is 12.2. The van der Waals surface area contributed by atoms with E-state index < -0.39 is 23.8 Å². The molecule has 1 fully saturated rings. The van der Waals surface area contributed by atoms with Gasteiger partial charge in [-0.2, -0.15) is 13.2 Å². The minimum Gasteiger partial charge on any atom is -0.481 e. The van der Waals surface area contributed by atoms with Crippen LogP contribution in [-0.4, -0.2) is 28.3 Å². The van der Waals surface area contributed by atoms with Crippen molar-refractivity contribution in [3.8, 4) is 0 Å². The lowest BCUT2D eigenvalue weighted by Crippen LogP contribution is -2.29. The van der Waals surface area contributed by atoms with Gasteiger partial charge in [0.25, 0.3) is 0 Å². The van der Waals surface area contributed by atoms with Crippen molar-refractivity contribution < 1.29 is 23.1 Å². The van der Waals surface area contributed by atoms with Crippen LogP contribution in [0.4, 0.5) is 13.2 Å². The SMILES string of the molecule is O=C(O)CC(SCC1CCCC1)C(F)(F)F. The van der Waals surface area contributed by atoms with Gasteiger partial charge in [0.1, 0.15) is 5.25 Å². The Hall–Kier alpha value is -0.390. The van der Waals surface area contributed by atoms with E-state index in [4.69, 9.17) is 5.11 Å². The number of hydrogen-bond acceptors (Lipinski definition) is 2. The number of aliphatic carboxylic acids is 1. The zero-order valence-corrected chi connectivity index (χ0v) is 9.61. The zero-order valence-electron chi connectivity index (χ0n) is 8.79. The van der Waals surface area contributed by atoms with Gasteiger partial charge in [0.15, 0.2) is 0 Å². The molecule has 94 valence electrons. The van der Waals surface area contributed by atoms with Crippen LogP contribution in [0.1, 0.15) is 32.1 Å². The van der Waals surface area contributed by atoms with E-state index in [1.54, 1.807) is 0 Å². The van der Waals surface area contributed by atoms with Crippen molar-refractivity contribution in [2.45, 2.75) is 43.5 Å². The molecule has 0 saturated heterocycles. The molecule has 0 heterocycles. The predicted octanol–water partition coefficient (Wildman–Crippen LogP) is 3.32. The summed E-state index contributed by atoms with van der Waals surface area (Å²) < 4.78 is 37.4. The molecule has 6 heteroatoms. The van der Waals surface area contributed by atoms with Crippen molar-refractivity contribution in [3.05, 3.63) is 0 Å². The van der Waals surface area contributed by atoms with Crippen LogP contribution in [0.15, 0.2) is 0 Å². The van der Waals surface area contributed by atoms with Crippen molar-refractivity contribution in [1.29, 1.82) is 0 Å². The highest BCUT2D eigenvalue weighted by molar-refractivity contribution is 8.00. The second-order valence-electron chi connectivity index (χ2n) is 4.11. The monoisotopic (exact) mass is 256 g/mol. The van der Waals surface area contributed by atoms with E-state index in [0.717, 1.165) is 37.4 Å². The quantitative estimate of drug-likeness (QED) is 0.820. The van der Waals surface area contributed by atoms with E-state index in [-0.39, 0.29) is 0 Å². The number of hydrogen-bond donors (Lipinski definition) is 1. The summed E-state index contributed by atoms with van der Waals surface area (Å²) in [4.78, 5) is 10.3. The van der Waals surface area contributed by atoms with Crippen LogP contribution in [0.25, 0.3) is 0 Å². The third-order valence-corrected chi connectivity index (χ3v) is 4.23. The van der Waals surface area contributed by atoms with E-state index in [0.29, 0.717) is 11.7 Å². The molecule has 1 atom stereocenters. The van der Waals surface area contributed by atoms with Gasteiger partial charge in [-0.1, -0.05) is 12.8 Å². The van der Waals surface area contributed by atoms with Crippen LogP contribution >= 0.6 is 11.8 Å². The summed E-state index contributed by atoms with van der Waals surface area (Å²) in [6.07, 6.45) is -1.13. The van der Waals surface area contributed by atoms with Gasteiger partial charge in [0, 0.05) is 0 Å². The Labute approximate surface area is 96.6 Å². The molecule has 0 amide bonds. The standard InChI is InChI=1S/C10H15F3O2S/c11-10(12,13)8(5-9(14)15)16-6-7-3-1-2-4-7/h7-8H,1-6H2,(H,14,15). The maximum Gasteiger partial charge on any atom is 0.401 e. The summed E-state index contributed by atoms with van der Waals surface area (Å²) in [6.45, 7) is 0. The van der Waals surface area contributed by atoms with Gasteiger partial charge >= 0.3 is 12.1 Å². The van der Waals surface area contributed by atoms with Gasteiger partial charge in [-0.05, 0) is 24.5 Å². The lowest BCUT2D eigenvalue weighted by molar-refractivity contribution is -0.149. The summed E-state index contributed by atoms with van der Waals surface area (Å²) in [5.74, 6) is -0.623. The first kappa shape index (κ1) is 13.7. The molecule has 1 aliphatic carbocycles. The predicted molar refractivity (Wildman–Crippen MR) is 56.5 cm³/mol. The first-order valence-corrected chi connectivity index (χ1v) is 6.34. The molecular formula is C10H15F3O2S. The Balaban J connectivity index is 2.40. The second kappa shape index (κ2) is 5.80. The van der Waals surface area contributed by atoms with Crippen LogP contribution in [0.3, 0.4) is 0 Å². The molecule has 1 rings (SSSR count). The van der Waals surface area contributed by atoms with Crippen LogP contribution < -0.4 is 0 Å². The molecule has 0 spiro atoms. The van der Waals surface area contributed by atoms with E-state index in [2.05, 4.69) is 0 Å². The normalized spacial score (nSPS) is 19.9. The third kappa shape index (κ3) is 4.63. The van der Waals surface area contributed by atoms with Gasteiger partial charge in [-0.3, -0.25) is 4.79 Å². The highest BCUT2D eigenvalue weighted by Crippen LogP contribution is 2.36. The number of carboxylic acid groups (broad SMARTS) is 1. The molecular weight excluding hydrogens is 241 g/mol. The summed E-state index contributed by atoms with van der Waals surface area (Å²) >= 11 is 0.748. The molecule has 0 bridgehead atoms. The van der Waals surface area contributed by atoms with Gasteiger partial charge in [-0.15, -0.1) is 11.8 Å². The maximum absolute atomic E-state index is 12.5. The highest BCUT2D eigenvalue weighted by atomic mass is 32.2. The van der Waals surface area contributed by atoms with E-state index in [1.165, 1.54) is 0 Å². The maximum atomic E-state index is 12.5. The summed E-state index contributed by atoms with van der Waals surface area (Å²) in [6, 6.07) is 0. The molecule has 2 nitrogen and oxygen atoms in total. The fourth-order valence-corrected chi connectivity index (χ4v) is 3.14. The Kier molecular flexibility index (Phi) is 4.95.